The van der Waals surface area contributed by atoms with Crippen molar-refractivity contribution in [3.63, 3.8) is 0 Å². The summed E-state index contributed by atoms with van der Waals surface area (Å²) in [6.07, 6.45) is 0.875. The number of furan rings is 1. The molecule has 0 spiro atoms. The summed E-state index contributed by atoms with van der Waals surface area (Å²) < 4.78 is 5.87. The Morgan fingerprint density at radius 3 is 2.47 bits per heavy atom. The minimum Gasteiger partial charge on any atom is -0.458 e. The Morgan fingerprint density at radius 1 is 1.21 bits per heavy atom. The number of hydrogen-bond acceptors (Lipinski definition) is 2. The van der Waals surface area contributed by atoms with Crippen LogP contribution in [0.15, 0.2) is 10.5 Å². The summed E-state index contributed by atoms with van der Waals surface area (Å²) in [5.41, 5.74) is 1.71. The van der Waals surface area contributed by atoms with Gasteiger partial charge in [0.05, 0.1) is 21.6 Å². The molecule has 19 heavy (non-hydrogen) atoms. The molecule has 0 radical (unpaired) electrons. The molecule has 0 amide bonds. The van der Waals surface area contributed by atoms with Crippen molar-refractivity contribution in [2.24, 2.45) is 5.92 Å². The maximum atomic E-state index is 6.33. The van der Waals surface area contributed by atoms with Gasteiger partial charge >= 0.3 is 0 Å². The third kappa shape index (κ3) is 2.87. The van der Waals surface area contributed by atoms with E-state index in [0.29, 0.717) is 33.1 Å². The van der Waals surface area contributed by atoms with E-state index in [9.17, 15) is 0 Å². The molecule has 0 aliphatic carbocycles. The van der Waals surface area contributed by atoms with Crippen molar-refractivity contribution in [1.82, 2.24) is 5.32 Å². The number of benzene rings is 1. The van der Waals surface area contributed by atoms with E-state index in [1.54, 1.807) is 6.07 Å². The van der Waals surface area contributed by atoms with Gasteiger partial charge in [0.2, 0.25) is 0 Å². The summed E-state index contributed by atoms with van der Waals surface area (Å²) in [5.74, 6) is 1.36. The van der Waals surface area contributed by atoms with Crippen molar-refractivity contribution in [2.45, 2.75) is 26.8 Å². The summed E-state index contributed by atoms with van der Waals surface area (Å²) in [6.45, 7) is 4.95. The molecule has 1 aromatic carbocycles. The molecule has 2 rings (SSSR count). The van der Waals surface area contributed by atoms with Gasteiger partial charge in [-0.2, -0.15) is 0 Å². The van der Waals surface area contributed by atoms with Crippen molar-refractivity contribution in [3.05, 3.63) is 32.5 Å². The Kier molecular flexibility index (Phi) is 4.67. The second-order valence-electron chi connectivity index (χ2n) is 4.99. The predicted molar refractivity (Wildman–Crippen MR) is 82.5 cm³/mol. The first-order valence-electron chi connectivity index (χ1n) is 6.18. The van der Waals surface area contributed by atoms with Gasteiger partial charge in [-0.05, 0) is 25.5 Å². The van der Waals surface area contributed by atoms with Crippen molar-refractivity contribution >= 4 is 45.8 Å². The first-order chi connectivity index (χ1) is 8.95. The Hall–Kier alpha value is -0.410. The fourth-order valence-electron chi connectivity index (χ4n) is 2.20. The van der Waals surface area contributed by atoms with Crippen molar-refractivity contribution in [2.75, 3.05) is 7.05 Å². The SMILES string of the molecule is CNCc1oc2c(Cl)cc(Cl)c(Cl)c2c1CC(C)C. The molecule has 1 heterocycles. The van der Waals surface area contributed by atoms with Crippen LogP contribution in [0, 0.1) is 5.92 Å². The number of hydrogen-bond donors (Lipinski definition) is 1. The largest absolute Gasteiger partial charge is 0.458 e. The van der Waals surface area contributed by atoms with Crippen LogP contribution < -0.4 is 5.32 Å². The van der Waals surface area contributed by atoms with Crippen molar-refractivity contribution < 1.29 is 4.42 Å². The average molecular weight is 321 g/mol. The topological polar surface area (TPSA) is 25.2 Å². The van der Waals surface area contributed by atoms with E-state index < -0.39 is 0 Å². The number of fused-ring (bicyclic) bond motifs is 1. The van der Waals surface area contributed by atoms with E-state index in [-0.39, 0.29) is 0 Å². The highest BCUT2D eigenvalue weighted by Gasteiger charge is 2.21. The molecule has 0 unspecified atom stereocenters. The first-order valence-corrected chi connectivity index (χ1v) is 7.31. The Balaban J connectivity index is 2.75. The molecule has 2 aromatic rings. The zero-order chi connectivity index (χ0) is 14.2. The number of rotatable bonds is 4. The molecule has 0 saturated heterocycles. The smallest absolute Gasteiger partial charge is 0.154 e. The van der Waals surface area contributed by atoms with E-state index in [1.807, 2.05) is 7.05 Å². The molecule has 0 aliphatic rings. The molecule has 1 N–H and O–H groups in total. The van der Waals surface area contributed by atoms with E-state index in [0.717, 1.165) is 23.1 Å². The van der Waals surface area contributed by atoms with Gasteiger partial charge in [0.15, 0.2) is 5.58 Å². The highest BCUT2D eigenvalue weighted by molar-refractivity contribution is 6.47. The van der Waals surface area contributed by atoms with Crippen LogP contribution >= 0.6 is 34.8 Å². The maximum Gasteiger partial charge on any atom is 0.154 e. The number of nitrogens with one attached hydrogen (secondary N) is 1. The highest BCUT2D eigenvalue weighted by atomic mass is 35.5. The lowest BCUT2D eigenvalue weighted by atomic mass is 9.99. The first kappa shape index (κ1) is 15.0. The van der Waals surface area contributed by atoms with Gasteiger partial charge < -0.3 is 9.73 Å². The monoisotopic (exact) mass is 319 g/mol. The van der Waals surface area contributed by atoms with Gasteiger partial charge in [-0.1, -0.05) is 48.7 Å². The lowest BCUT2D eigenvalue weighted by Crippen LogP contribution is -2.07. The third-order valence-electron chi connectivity index (χ3n) is 2.94. The molecular formula is C14H16Cl3NO. The van der Waals surface area contributed by atoms with Crippen LogP contribution in [0.4, 0.5) is 0 Å². The van der Waals surface area contributed by atoms with Crippen LogP contribution in [0.1, 0.15) is 25.2 Å². The molecule has 5 heteroatoms. The zero-order valence-electron chi connectivity index (χ0n) is 11.1. The van der Waals surface area contributed by atoms with E-state index >= 15 is 0 Å². The Morgan fingerprint density at radius 2 is 1.89 bits per heavy atom. The van der Waals surface area contributed by atoms with Gasteiger partial charge in [0, 0.05) is 10.9 Å². The van der Waals surface area contributed by atoms with Crippen LogP contribution in [0.25, 0.3) is 11.0 Å². The van der Waals surface area contributed by atoms with Crippen LogP contribution in [-0.2, 0) is 13.0 Å². The lowest BCUT2D eigenvalue weighted by molar-refractivity contribution is 0.516. The second kappa shape index (κ2) is 5.92. The quantitative estimate of drug-likeness (QED) is 0.772. The van der Waals surface area contributed by atoms with Crippen molar-refractivity contribution in [3.8, 4) is 0 Å². The number of halogens is 3. The predicted octanol–water partition coefficient (Wildman–Crippen LogP) is 5.31. The molecule has 0 atom stereocenters. The molecule has 104 valence electrons. The molecular weight excluding hydrogens is 305 g/mol. The summed E-state index contributed by atoms with van der Waals surface area (Å²) in [4.78, 5) is 0. The third-order valence-corrected chi connectivity index (χ3v) is 4.01. The highest BCUT2D eigenvalue weighted by Crippen LogP contribution is 2.41. The van der Waals surface area contributed by atoms with Crippen LogP contribution in [-0.4, -0.2) is 7.05 Å². The van der Waals surface area contributed by atoms with Gasteiger partial charge in [0.25, 0.3) is 0 Å². The standard InChI is InChI=1S/C14H16Cl3NO/c1-7(2)4-8-11(6-18-3)19-14-10(16)5-9(15)13(17)12(8)14/h5,7,18H,4,6H2,1-3H3. The van der Waals surface area contributed by atoms with Gasteiger partial charge in [-0.25, -0.2) is 0 Å². The molecule has 0 fully saturated rings. The maximum absolute atomic E-state index is 6.33. The summed E-state index contributed by atoms with van der Waals surface area (Å²) in [7, 11) is 1.88. The second-order valence-corrected chi connectivity index (χ2v) is 6.18. The summed E-state index contributed by atoms with van der Waals surface area (Å²) in [5, 5.41) is 5.42. The summed E-state index contributed by atoms with van der Waals surface area (Å²) >= 11 is 18.6. The minimum absolute atomic E-state index is 0.459. The van der Waals surface area contributed by atoms with Gasteiger partial charge in [0.1, 0.15) is 5.76 Å². The fourth-order valence-corrected chi connectivity index (χ4v) is 2.96. The van der Waals surface area contributed by atoms with Crippen LogP contribution in [0.5, 0.6) is 0 Å². The average Bonchev–Trinajstić information content (AvgIpc) is 2.66. The Labute approximate surface area is 128 Å². The lowest BCUT2D eigenvalue weighted by Gasteiger charge is -2.07. The van der Waals surface area contributed by atoms with Gasteiger partial charge in [-0.15, -0.1) is 0 Å². The molecule has 2 nitrogen and oxygen atoms in total. The molecule has 0 saturated carbocycles. The fraction of sp³-hybridized carbons (Fsp3) is 0.429. The Bertz CT molecular complexity index is 604. The van der Waals surface area contributed by atoms with Crippen LogP contribution in [0.2, 0.25) is 15.1 Å². The van der Waals surface area contributed by atoms with Crippen molar-refractivity contribution in [1.29, 1.82) is 0 Å². The molecule has 1 aromatic heterocycles. The summed E-state index contributed by atoms with van der Waals surface area (Å²) in [6, 6.07) is 1.62. The molecule has 0 bridgehead atoms. The van der Waals surface area contributed by atoms with E-state index in [2.05, 4.69) is 19.2 Å². The zero-order valence-corrected chi connectivity index (χ0v) is 13.4. The van der Waals surface area contributed by atoms with Gasteiger partial charge in [-0.3, -0.25) is 0 Å². The minimum atomic E-state index is 0.459. The van der Waals surface area contributed by atoms with E-state index in [1.165, 1.54) is 0 Å². The normalized spacial score (nSPS) is 11.7. The van der Waals surface area contributed by atoms with E-state index in [4.69, 9.17) is 39.2 Å². The van der Waals surface area contributed by atoms with Crippen LogP contribution in [0.3, 0.4) is 0 Å². The molecule has 0 aliphatic heterocycles.